The Bertz CT molecular complexity index is 676. The predicted molar refractivity (Wildman–Crippen MR) is 71.5 cm³/mol. The molecule has 0 saturated heterocycles. The largest absolute Gasteiger partial charge is 0.573 e. The van der Waals surface area contributed by atoms with Gasteiger partial charge in [0.2, 0.25) is 0 Å². The summed E-state index contributed by atoms with van der Waals surface area (Å²) in [5, 5.41) is 0. The summed E-state index contributed by atoms with van der Waals surface area (Å²) in [6.45, 7) is -0.139. The van der Waals surface area contributed by atoms with E-state index < -0.39 is 23.9 Å². The van der Waals surface area contributed by atoms with Crippen LogP contribution in [0.4, 0.5) is 26.3 Å². The number of benzene rings is 2. The van der Waals surface area contributed by atoms with E-state index in [1.807, 2.05) is 0 Å². The first-order valence-corrected chi connectivity index (χ1v) is 6.36. The third-order valence-corrected chi connectivity index (χ3v) is 3.05. The first kappa shape index (κ1) is 17.1. The summed E-state index contributed by atoms with van der Waals surface area (Å²) in [4.78, 5) is 0. The van der Waals surface area contributed by atoms with Crippen LogP contribution in [0.15, 0.2) is 42.5 Å². The van der Waals surface area contributed by atoms with E-state index in [2.05, 4.69) is 4.74 Å². The molecule has 0 heterocycles. The van der Waals surface area contributed by atoms with E-state index in [0.29, 0.717) is 11.1 Å². The van der Waals surface area contributed by atoms with Crippen molar-refractivity contribution in [1.29, 1.82) is 0 Å². The van der Waals surface area contributed by atoms with E-state index in [0.717, 1.165) is 24.3 Å². The SMILES string of the molecule is NCc1cc(C(F)(F)F)ccc1-c1ccc(OC(F)(F)F)cc1. The molecule has 8 heteroatoms. The van der Waals surface area contributed by atoms with E-state index in [4.69, 9.17) is 5.73 Å². The van der Waals surface area contributed by atoms with Gasteiger partial charge in [-0.3, -0.25) is 0 Å². The Labute approximate surface area is 127 Å². The molecule has 0 amide bonds. The molecule has 0 bridgehead atoms. The first-order valence-electron chi connectivity index (χ1n) is 6.36. The molecule has 0 aliphatic rings. The molecule has 0 radical (unpaired) electrons. The molecule has 0 atom stereocenters. The summed E-state index contributed by atoms with van der Waals surface area (Å²) in [7, 11) is 0. The van der Waals surface area contributed by atoms with Gasteiger partial charge in [0, 0.05) is 6.54 Å². The lowest BCUT2D eigenvalue weighted by Crippen LogP contribution is -2.16. The van der Waals surface area contributed by atoms with Crippen LogP contribution in [0.1, 0.15) is 11.1 Å². The minimum atomic E-state index is -4.81. The number of alkyl halides is 6. The second-order valence-electron chi connectivity index (χ2n) is 4.65. The van der Waals surface area contributed by atoms with Crippen molar-refractivity contribution >= 4 is 0 Å². The lowest BCUT2D eigenvalue weighted by Gasteiger charge is -2.13. The summed E-state index contributed by atoms with van der Waals surface area (Å²) in [6, 6.07) is 7.88. The minimum Gasteiger partial charge on any atom is -0.406 e. The Morgan fingerprint density at radius 3 is 1.96 bits per heavy atom. The van der Waals surface area contributed by atoms with Crippen LogP contribution in [0.5, 0.6) is 5.75 Å². The van der Waals surface area contributed by atoms with Crippen molar-refractivity contribution in [3.8, 4) is 16.9 Å². The highest BCUT2D eigenvalue weighted by Crippen LogP contribution is 2.34. The van der Waals surface area contributed by atoms with Crippen LogP contribution < -0.4 is 10.5 Å². The van der Waals surface area contributed by atoms with Gasteiger partial charge in [-0.2, -0.15) is 13.2 Å². The normalized spacial score (nSPS) is 12.3. The molecule has 23 heavy (non-hydrogen) atoms. The average molecular weight is 335 g/mol. The maximum Gasteiger partial charge on any atom is 0.573 e. The Kier molecular flexibility index (Phi) is 4.56. The fraction of sp³-hybridized carbons (Fsp3) is 0.200. The number of halogens is 6. The highest BCUT2D eigenvalue weighted by Gasteiger charge is 2.32. The van der Waals surface area contributed by atoms with Gasteiger partial charge in [0.15, 0.2) is 0 Å². The minimum absolute atomic E-state index is 0.139. The van der Waals surface area contributed by atoms with Crippen molar-refractivity contribution in [1.82, 2.24) is 0 Å². The number of nitrogens with two attached hydrogens (primary N) is 1. The van der Waals surface area contributed by atoms with Crippen LogP contribution in [0.2, 0.25) is 0 Å². The molecule has 0 unspecified atom stereocenters. The van der Waals surface area contributed by atoms with E-state index in [1.165, 1.54) is 18.2 Å². The summed E-state index contributed by atoms with van der Waals surface area (Å²) in [5.41, 5.74) is 5.73. The fourth-order valence-electron chi connectivity index (χ4n) is 2.06. The van der Waals surface area contributed by atoms with Crippen LogP contribution in [-0.2, 0) is 12.7 Å². The molecule has 0 aliphatic heterocycles. The van der Waals surface area contributed by atoms with E-state index in [-0.39, 0.29) is 12.1 Å². The van der Waals surface area contributed by atoms with Crippen molar-refractivity contribution in [2.45, 2.75) is 19.1 Å². The Morgan fingerprint density at radius 2 is 1.48 bits per heavy atom. The number of ether oxygens (including phenoxy) is 1. The van der Waals surface area contributed by atoms with Crippen LogP contribution in [-0.4, -0.2) is 6.36 Å². The van der Waals surface area contributed by atoms with Gasteiger partial charge in [0.05, 0.1) is 5.56 Å². The molecular weight excluding hydrogens is 324 g/mol. The maximum absolute atomic E-state index is 12.7. The second kappa shape index (κ2) is 6.11. The standard InChI is InChI=1S/C15H11F6NO/c16-14(17,18)11-3-6-13(10(7-11)8-22)9-1-4-12(5-2-9)23-15(19,20)21/h1-7H,8,22H2. The Hall–Kier alpha value is -2.22. The zero-order valence-electron chi connectivity index (χ0n) is 11.5. The Morgan fingerprint density at radius 1 is 0.870 bits per heavy atom. The average Bonchev–Trinajstić information content (AvgIpc) is 2.45. The molecule has 0 fully saturated rings. The number of hydrogen-bond acceptors (Lipinski definition) is 2. The van der Waals surface area contributed by atoms with Crippen molar-refractivity contribution in [2.24, 2.45) is 5.73 Å². The molecule has 2 nitrogen and oxygen atoms in total. The molecular formula is C15H11F6NO. The maximum atomic E-state index is 12.7. The molecule has 2 rings (SSSR count). The smallest absolute Gasteiger partial charge is 0.406 e. The lowest BCUT2D eigenvalue weighted by atomic mass is 9.97. The van der Waals surface area contributed by atoms with Crippen molar-refractivity contribution in [2.75, 3.05) is 0 Å². The highest BCUT2D eigenvalue weighted by atomic mass is 19.4. The summed E-state index contributed by atoms with van der Waals surface area (Å²) < 4.78 is 78.1. The molecule has 0 spiro atoms. The van der Waals surface area contributed by atoms with Crippen molar-refractivity contribution in [3.63, 3.8) is 0 Å². The van der Waals surface area contributed by atoms with Gasteiger partial charge in [-0.15, -0.1) is 13.2 Å². The second-order valence-corrected chi connectivity index (χ2v) is 4.65. The molecule has 2 aromatic rings. The van der Waals surface area contributed by atoms with Gasteiger partial charge >= 0.3 is 12.5 Å². The summed E-state index contributed by atoms with van der Waals surface area (Å²) >= 11 is 0. The third kappa shape index (κ3) is 4.38. The topological polar surface area (TPSA) is 35.2 Å². The van der Waals surface area contributed by atoms with E-state index in [9.17, 15) is 26.3 Å². The Balaban J connectivity index is 2.35. The van der Waals surface area contributed by atoms with Crippen molar-refractivity contribution < 1.29 is 31.1 Å². The van der Waals surface area contributed by atoms with Gasteiger partial charge < -0.3 is 10.5 Å². The molecule has 2 N–H and O–H groups in total. The van der Waals surface area contributed by atoms with Gasteiger partial charge in [0.25, 0.3) is 0 Å². The lowest BCUT2D eigenvalue weighted by molar-refractivity contribution is -0.274. The monoisotopic (exact) mass is 335 g/mol. The third-order valence-electron chi connectivity index (χ3n) is 3.05. The fourth-order valence-corrected chi connectivity index (χ4v) is 2.06. The molecule has 124 valence electrons. The van der Waals surface area contributed by atoms with Crippen LogP contribution in [0.3, 0.4) is 0 Å². The van der Waals surface area contributed by atoms with Crippen molar-refractivity contribution in [3.05, 3.63) is 53.6 Å². The van der Waals surface area contributed by atoms with Gasteiger partial charge in [-0.25, -0.2) is 0 Å². The molecule has 0 aliphatic carbocycles. The van der Waals surface area contributed by atoms with Crippen LogP contribution in [0, 0.1) is 0 Å². The quantitative estimate of drug-likeness (QED) is 0.823. The molecule has 2 aromatic carbocycles. The summed E-state index contributed by atoms with van der Waals surface area (Å²) in [6.07, 6.45) is -9.30. The number of hydrogen-bond donors (Lipinski definition) is 1. The molecule has 0 saturated carbocycles. The van der Waals surface area contributed by atoms with Crippen LogP contribution in [0.25, 0.3) is 11.1 Å². The van der Waals surface area contributed by atoms with Gasteiger partial charge in [0.1, 0.15) is 5.75 Å². The van der Waals surface area contributed by atoms with E-state index in [1.54, 1.807) is 0 Å². The zero-order chi connectivity index (χ0) is 17.3. The number of rotatable bonds is 3. The highest BCUT2D eigenvalue weighted by molar-refractivity contribution is 5.68. The summed E-state index contributed by atoms with van der Waals surface area (Å²) in [5.74, 6) is -0.414. The zero-order valence-corrected chi connectivity index (χ0v) is 11.5. The first-order chi connectivity index (χ1) is 10.6. The molecule has 0 aromatic heterocycles. The van der Waals surface area contributed by atoms with Crippen LogP contribution >= 0.6 is 0 Å². The van der Waals surface area contributed by atoms with Gasteiger partial charge in [-0.1, -0.05) is 18.2 Å². The predicted octanol–water partition coefficient (Wildman–Crippen LogP) is 4.73. The van der Waals surface area contributed by atoms with E-state index >= 15 is 0 Å². The van der Waals surface area contributed by atoms with Gasteiger partial charge in [-0.05, 0) is 41.0 Å².